The van der Waals surface area contributed by atoms with Crippen LogP contribution in [0.4, 0.5) is 5.82 Å². The van der Waals surface area contributed by atoms with E-state index in [0.29, 0.717) is 36.7 Å². The summed E-state index contributed by atoms with van der Waals surface area (Å²) in [4.78, 5) is 18.5. The van der Waals surface area contributed by atoms with Crippen molar-refractivity contribution in [2.75, 3.05) is 18.6 Å². The number of aryl methyl sites for hydroxylation is 1. The molecule has 0 amide bonds. The zero-order valence-corrected chi connectivity index (χ0v) is 14.6. The number of fused-ring (bicyclic) bond motifs is 2. The predicted octanol–water partition coefficient (Wildman–Crippen LogP) is 2.42. The molecule has 1 aliphatic heterocycles. The Balaban J connectivity index is 1.76. The van der Waals surface area contributed by atoms with Gasteiger partial charge in [0.15, 0.2) is 5.69 Å². The summed E-state index contributed by atoms with van der Waals surface area (Å²) in [6.07, 6.45) is 0. The van der Waals surface area contributed by atoms with E-state index in [1.54, 1.807) is 6.07 Å². The molecule has 0 saturated heterocycles. The average Bonchev–Trinajstić information content (AvgIpc) is 3.10. The molecule has 2 aromatic heterocycles. The molecule has 1 aromatic carbocycles. The van der Waals surface area contributed by atoms with Crippen LogP contribution in [-0.2, 0) is 17.8 Å². The van der Waals surface area contributed by atoms with Crippen molar-refractivity contribution in [1.82, 2.24) is 14.8 Å². The molecule has 130 valence electrons. The maximum absolute atomic E-state index is 11.7. The number of para-hydroxylation sites is 1. The van der Waals surface area contributed by atoms with Crippen LogP contribution in [-0.4, -0.2) is 34.4 Å². The maximum atomic E-state index is 11.7. The molecule has 0 spiro atoms. The van der Waals surface area contributed by atoms with E-state index in [2.05, 4.69) is 16.1 Å². The number of methoxy groups -OCH3 is 1. The van der Waals surface area contributed by atoms with Crippen LogP contribution < -0.4 is 4.90 Å². The molecule has 0 bridgehead atoms. The number of benzene rings is 1. The number of hydrogen-bond acceptors (Lipinski definition) is 6. The summed E-state index contributed by atoms with van der Waals surface area (Å²) < 4.78 is 6.55. The van der Waals surface area contributed by atoms with Crippen molar-refractivity contribution in [3.05, 3.63) is 52.8 Å². The number of pyridine rings is 1. The molecule has 0 N–H and O–H groups in total. The molecule has 0 atom stereocenters. The van der Waals surface area contributed by atoms with E-state index < -0.39 is 5.97 Å². The van der Waals surface area contributed by atoms with Crippen molar-refractivity contribution < 1.29 is 9.53 Å². The minimum Gasteiger partial charge on any atom is -0.464 e. The second-order valence-electron chi connectivity index (χ2n) is 6.22. The molecule has 1 aliphatic rings. The highest BCUT2D eigenvalue weighted by atomic mass is 16.5. The number of nitriles is 1. The molecule has 7 heteroatoms. The van der Waals surface area contributed by atoms with Gasteiger partial charge in [0.25, 0.3) is 0 Å². The molecule has 7 nitrogen and oxygen atoms in total. The molecule has 0 fully saturated rings. The number of ether oxygens (including phenoxy) is 1. The topological polar surface area (TPSA) is 84.0 Å². The second-order valence-corrected chi connectivity index (χ2v) is 6.22. The first-order valence-corrected chi connectivity index (χ1v) is 8.32. The van der Waals surface area contributed by atoms with Crippen LogP contribution in [0.15, 0.2) is 30.3 Å². The van der Waals surface area contributed by atoms with Gasteiger partial charge in [-0.25, -0.2) is 9.78 Å². The van der Waals surface area contributed by atoms with E-state index in [-0.39, 0.29) is 0 Å². The van der Waals surface area contributed by atoms with Gasteiger partial charge in [0.05, 0.1) is 37.0 Å². The van der Waals surface area contributed by atoms with Gasteiger partial charge in [0.1, 0.15) is 11.9 Å². The molecule has 0 radical (unpaired) electrons. The largest absolute Gasteiger partial charge is 0.464 e. The van der Waals surface area contributed by atoms with Crippen LogP contribution in [0.2, 0.25) is 0 Å². The van der Waals surface area contributed by atoms with Gasteiger partial charge in [-0.1, -0.05) is 18.2 Å². The van der Waals surface area contributed by atoms with Crippen molar-refractivity contribution in [3.63, 3.8) is 0 Å². The summed E-state index contributed by atoms with van der Waals surface area (Å²) in [5.74, 6) is 0.228. The van der Waals surface area contributed by atoms with E-state index in [9.17, 15) is 10.1 Å². The van der Waals surface area contributed by atoms with E-state index >= 15 is 0 Å². The Kier molecular flexibility index (Phi) is 3.81. The van der Waals surface area contributed by atoms with Crippen LogP contribution in [0.25, 0.3) is 10.9 Å². The molecule has 0 saturated carbocycles. The number of esters is 1. The smallest absolute Gasteiger partial charge is 0.358 e. The Bertz CT molecular complexity index is 1060. The fraction of sp³-hybridized carbons (Fsp3) is 0.263. The van der Waals surface area contributed by atoms with E-state index in [0.717, 1.165) is 22.2 Å². The molecule has 3 heterocycles. The first kappa shape index (κ1) is 16.1. The summed E-state index contributed by atoms with van der Waals surface area (Å²) in [5.41, 5.74) is 3.58. The molecular formula is C19H17N5O2. The van der Waals surface area contributed by atoms with Crippen LogP contribution in [0, 0.1) is 18.3 Å². The molecule has 0 unspecified atom stereocenters. The Labute approximate surface area is 150 Å². The standard InChI is InChI=1S/C19H17N5O2/c1-12-14-5-3-4-6-16(14)21-18(15(12)10-20)23-7-8-24-13(11-23)9-17(22-24)19(25)26-2/h3-6,9H,7-8,11H2,1-2H3. The summed E-state index contributed by atoms with van der Waals surface area (Å²) in [6, 6.07) is 11.9. The van der Waals surface area contributed by atoms with Gasteiger partial charge in [-0.15, -0.1) is 0 Å². The predicted molar refractivity (Wildman–Crippen MR) is 95.8 cm³/mol. The van der Waals surface area contributed by atoms with Gasteiger partial charge in [-0.05, 0) is 24.6 Å². The quantitative estimate of drug-likeness (QED) is 0.662. The fourth-order valence-electron chi connectivity index (χ4n) is 3.37. The van der Waals surface area contributed by atoms with Gasteiger partial charge in [0.2, 0.25) is 0 Å². The summed E-state index contributed by atoms with van der Waals surface area (Å²) in [5, 5.41) is 15.0. The minimum absolute atomic E-state index is 0.299. The van der Waals surface area contributed by atoms with Crippen LogP contribution in [0.3, 0.4) is 0 Å². The number of rotatable bonds is 2. The Morgan fingerprint density at radius 3 is 2.88 bits per heavy atom. The maximum Gasteiger partial charge on any atom is 0.358 e. The SMILES string of the molecule is COC(=O)c1cc2n(n1)CCN(c1nc3ccccc3c(C)c1C#N)C2. The van der Waals surface area contributed by atoms with E-state index in [1.165, 1.54) is 7.11 Å². The Morgan fingerprint density at radius 1 is 1.31 bits per heavy atom. The monoisotopic (exact) mass is 347 g/mol. The van der Waals surface area contributed by atoms with Crippen LogP contribution >= 0.6 is 0 Å². The number of anilines is 1. The van der Waals surface area contributed by atoms with Gasteiger partial charge < -0.3 is 9.64 Å². The Hall–Kier alpha value is -3.40. The van der Waals surface area contributed by atoms with Crippen molar-refractivity contribution >= 4 is 22.7 Å². The van der Waals surface area contributed by atoms with Gasteiger partial charge in [0, 0.05) is 11.9 Å². The summed E-state index contributed by atoms with van der Waals surface area (Å²) in [6.45, 7) is 3.76. The van der Waals surface area contributed by atoms with Crippen LogP contribution in [0.1, 0.15) is 27.3 Å². The molecular weight excluding hydrogens is 330 g/mol. The lowest BCUT2D eigenvalue weighted by Crippen LogP contribution is -2.35. The van der Waals surface area contributed by atoms with E-state index in [1.807, 2.05) is 35.9 Å². The molecule has 0 aliphatic carbocycles. The zero-order chi connectivity index (χ0) is 18.3. The number of carbonyl (C=O) groups is 1. The third-order valence-corrected chi connectivity index (χ3v) is 4.74. The average molecular weight is 347 g/mol. The number of carbonyl (C=O) groups excluding carboxylic acids is 1. The fourth-order valence-corrected chi connectivity index (χ4v) is 3.37. The van der Waals surface area contributed by atoms with E-state index in [4.69, 9.17) is 9.72 Å². The highest BCUT2D eigenvalue weighted by Gasteiger charge is 2.25. The summed E-state index contributed by atoms with van der Waals surface area (Å²) >= 11 is 0. The molecule has 3 aromatic rings. The van der Waals surface area contributed by atoms with Crippen LogP contribution in [0.5, 0.6) is 0 Å². The zero-order valence-electron chi connectivity index (χ0n) is 14.6. The third-order valence-electron chi connectivity index (χ3n) is 4.74. The minimum atomic E-state index is -0.448. The second kappa shape index (κ2) is 6.15. The van der Waals surface area contributed by atoms with Gasteiger partial charge in [-0.3, -0.25) is 4.68 Å². The third kappa shape index (κ3) is 2.47. The first-order chi connectivity index (χ1) is 12.6. The lowest BCUT2D eigenvalue weighted by molar-refractivity contribution is 0.0593. The van der Waals surface area contributed by atoms with Crippen molar-refractivity contribution in [2.24, 2.45) is 0 Å². The van der Waals surface area contributed by atoms with Crippen molar-refractivity contribution in [1.29, 1.82) is 5.26 Å². The number of aromatic nitrogens is 3. The van der Waals surface area contributed by atoms with Crippen molar-refractivity contribution in [2.45, 2.75) is 20.0 Å². The summed E-state index contributed by atoms with van der Waals surface area (Å²) in [7, 11) is 1.34. The lowest BCUT2D eigenvalue weighted by Gasteiger charge is -2.29. The first-order valence-electron chi connectivity index (χ1n) is 8.32. The lowest BCUT2D eigenvalue weighted by atomic mass is 10.0. The highest BCUT2D eigenvalue weighted by molar-refractivity contribution is 5.88. The Morgan fingerprint density at radius 2 is 2.12 bits per heavy atom. The normalized spacial score (nSPS) is 13.3. The highest BCUT2D eigenvalue weighted by Crippen LogP contribution is 2.30. The number of hydrogen-bond donors (Lipinski definition) is 0. The van der Waals surface area contributed by atoms with Gasteiger partial charge in [-0.2, -0.15) is 10.4 Å². The number of nitrogens with zero attached hydrogens (tertiary/aromatic N) is 5. The molecule has 4 rings (SSSR count). The molecule has 26 heavy (non-hydrogen) atoms. The van der Waals surface area contributed by atoms with Crippen molar-refractivity contribution in [3.8, 4) is 6.07 Å². The van der Waals surface area contributed by atoms with Gasteiger partial charge >= 0.3 is 5.97 Å².